The summed E-state index contributed by atoms with van der Waals surface area (Å²) in [4.78, 5) is 28.6. The number of anilines is 1. The molecule has 0 N–H and O–H groups in total. The summed E-state index contributed by atoms with van der Waals surface area (Å²) in [5.74, 6) is 1.32. The predicted octanol–water partition coefficient (Wildman–Crippen LogP) is 7.16. The van der Waals surface area contributed by atoms with E-state index in [1.54, 1.807) is 11.3 Å². The smallest absolute Gasteiger partial charge is 0.352 e. The number of unbranched alkanes of at least 4 members (excludes halogenated alkanes) is 1. The van der Waals surface area contributed by atoms with Crippen LogP contribution in [0.15, 0.2) is 18.2 Å². The SMILES string of the molecule is CCCCc1nc(N2CCN(C(=O)c3cc(C(F)(F)F)cc(C(F)(F)F)c3)CC2)c2c3c(sc2n1)CC(C)CC3. The summed E-state index contributed by atoms with van der Waals surface area (Å²) in [6.07, 6.45) is -4.31. The van der Waals surface area contributed by atoms with Crippen LogP contribution in [0.1, 0.15) is 70.9 Å². The highest BCUT2D eigenvalue weighted by atomic mass is 32.1. The molecule has 40 heavy (non-hydrogen) atoms. The maximum Gasteiger partial charge on any atom is 0.416 e. The average Bonchev–Trinajstić information content (AvgIpc) is 3.27. The number of fused-ring (bicyclic) bond motifs is 3. The summed E-state index contributed by atoms with van der Waals surface area (Å²) in [5.41, 5.74) is -2.34. The van der Waals surface area contributed by atoms with Crippen LogP contribution in [-0.4, -0.2) is 47.0 Å². The van der Waals surface area contributed by atoms with Gasteiger partial charge in [-0.3, -0.25) is 4.79 Å². The Bertz CT molecular complexity index is 1380. The lowest BCUT2D eigenvalue weighted by atomic mass is 9.89. The molecule has 216 valence electrons. The molecule has 1 atom stereocenters. The molecule has 1 amide bonds. The Morgan fingerprint density at radius 2 is 1.65 bits per heavy atom. The molecule has 1 aliphatic heterocycles. The molecule has 3 heterocycles. The van der Waals surface area contributed by atoms with Crippen LogP contribution in [0.2, 0.25) is 0 Å². The number of carbonyl (C=O) groups is 1. The van der Waals surface area contributed by atoms with Crippen molar-refractivity contribution in [3.05, 3.63) is 51.2 Å². The minimum atomic E-state index is -5.01. The van der Waals surface area contributed by atoms with E-state index >= 15 is 0 Å². The zero-order valence-electron chi connectivity index (χ0n) is 22.3. The van der Waals surface area contributed by atoms with Crippen LogP contribution in [0.25, 0.3) is 10.2 Å². The number of aryl methyl sites for hydroxylation is 2. The Morgan fingerprint density at radius 3 is 2.25 bits per heavy atom. The fraction of sp³-hybridized carbons (Fsp3) is 0.536. The van der Waals surface area contributed by atoms with Gasteiger partial charge in [0.2, 0.25) is 0 Å². The van der Waals surface area contributed by atoms with Crippen molar-refractivity contribution in [2.45, 2.75) is 64.7 Å². The molecule has 0 radical (unpaired) electrons. The molecule has 5 nitrogen and oxygen atoms in total. The van der Waals surface area contributed by atoms with Crippen LogP contribution in [0.5, 0.6) is 0 Å². The van der Waals surface area contributed by atoms with E-state index in [1.165, 1.54) is 15.3 Å². The van der Waals surface area contributed by atoms with E-state index in [0.717, 1.165) is 60.4 Å². The number of nitrogens with zero attached hydrogens (tertiary/aromatic N) is 4. The Labute approximate surface area is 232 Å². The van der Waals surface area contributed by atoms with Crippen LogP contribution in [0.3, 0.4) is 0 Å². The van der Waals surface area contributed by atoms with E-state index in [2.05, 4.69) is 18.7 Å². The molecular weight excluding hydrogens is 554 g/mol. The quantitative estimate of drug-likeness (QED) is 0.299. The van der Waals surface area contributed by atoms with Crippen LogP contribution in [0.4, 0.5) is 32.2 Å². The highest BCUT2D eigenvalue weighted by Gasteiger charge is 2.38. The van der Waals surface area contributed by atoms with Gasteiger partial charge in [0.1, 0.15) is 16.5 Å². The van der Waals surface area contributed by atoms with E-state index in [9.17, 15) is 31.1 Å². The van der Waals surface area contributed by atoms with Gasteiger partial charge in [0, 0.05) is 43.0 Å². The molecular formula is C28H30F6N4OS. The molecule has 12 heteroatoms. The van der Waals surface area contributed by atoms with Crippen LogP contribution in [-0.2, 0) is 31.6 Å². The van der Waals surface area contributed by atoms with E-state index < -0.39 is 35.0 Å². The third-order valence-corrected chi connectivity index (χ3v) is 8.79. The Kier molecular flexibility index (Phi) is 7.75. The molecule has 0 bridgehead atoms. The van der Waals surface area contributed by atoms with Crippen molar-refractivity contribution in [3.63, 3.8) is 0 Å². The number of hydrogen-bond acceptors (Lipinski definition) is 5. The normalized spacial score (nSPS) is 18.4. The van der Waals surface area contributed by atoms with Crippen molar-refractivity contribution < 1.29 is 31.1 Å². The topological polar surface area (TPSA) is 49.3 Å². The fourth-order valence-electron chi connectivity index (χ4n) is 5.42. The molecule has 5 rings (SSSR count). The Balaban J connectivity index is 1.42. The summed E-state index contributed by atoms with van der Waals surface area (Å²) in [5, 5.41) is 1.04. The third-order valence-electron chi connectivity index (χ3n) is 7.64. The second-order valence-electron chi connectivity index (χ2n) is 10.7. The first kappa shape index (κ1) is 28.6. The monoisotopic (exact) mass is 584 g/mol. The summed E-state index contributed by atoms with van der Waals surface area (Å²) in [7, 11) is 0. The number of piperazine rings is 1. The number of rotatable bonds is 5. The largest absolute Gasteiger partial charge is 0.416 e. The number of hydrogen-bond donors (Lipinski definition) is 0. The highest BCUT2D eigenvalue weighted by Crippen LogP contribution is 2.42. The van der Waals surface area contributed by atoms with Gasteiger partial charge in [-0.15, -0.1) is 11.3 Å². The van der Waals surface area contributed by atoms with E-state index in [0.29, 0.717) is 31.1 Å². The standard InChI is InChI=1S/C28H30F6N4OS/c1-3-4-5-22-35-24(23-20-7-6-16(2)12-21(20)40-25(23)36-22)37-8-10-38(11-9-37)26(39)17-13-18(27(29,30)31)15-19(14-17)28(32,33)34/h13-16H,3-12H2,1-2H3. The van der Waals surface area contributed by atoms with Crippen LogP contribution >= 0.6 is 11.3 Å². The van der Waals surface area contributed by atoms with Gasteiger partial charge in [-0.2, -0.15) is 26.3 Å². The third kappa shape index (κ3) is 5.77. The number of amides is 1. The van der Waals surface area contributed by atoms with Gasteiger partial charge >= 0.3 is 12.4 Å². The predicted molar refractivity (Wildman–Crippen MR) is 142 cm³/mol. The number of aromatic nitrogens is 2. The minimum Gasteiger partial charge on any atom is -0.352 e. The van der Waals surface area contributed by atoms with Gasteiger partial charge in [-0.25, -0.2) is 9.97 Å². The van der Waals surface area contributed by atoms with Gasteiger partial charge < -0.3 is 9.80 Å². The molecule has 1 aliphatic carbocycles. The molecule has 2 aromatic heterocycles. The molecule has 2 aliphatic rings. The van der Waals surface area contributed by atoms with E-state index in [-0.39, 0.29) is 19.2 Å². The van der Waals surface area contributed by atoms with Gasteiger partial charge in [0.05, 0.1) is 16.5 Å². The van der Waals surface area contributed by atoms with Crippen molar-refractivity contribution in [3.8, 4) is 0 Å². The number of thiophene rings is 1. The highest BCUT2D eigenvalue weighted by molar-refractivity contribution is 7.19. The second-order valence-corrected chi connectivity index (χ2v) is 11.8. The summed E-state index contributed by atoms with van der Waals surface area (Å²) >= 11 is 1.71. The van der Waals surface area contributed by atoms with E-state index in [1.807, 2.05) is 0 Å². The zero-order valence-corrected chi connectivity index (χ0v) is 23.1. The number of alkyl halides is 6. The van der Waals surface area contributed by atoms with Gasteiger partial charge in [-0.05, 0) is 55.4 Å². The van der Waals surface area contributed by atoms with Crippen molar-refractivity contribution in [2.24, 2.45) is 5.92 Å². The molecule has 0 spiro atoms. The van der Waals surface area contributed by atoms with Crippen molar-refractivity contribution >= 4 is 33.3 Å². The Hall–Kier alpha value is -2.89. The molecule has 1 unspecified atom stereocenters. The molecule has 3 aromatic rings. The zero-order chi connectivity index (χ0) is 28.8. The lowest BCUT2D eigenvalue weighted by Gasteiger charge is -2.36. The first-order valence-electron chi connectivity index (χ1n) is 13.5. The lowest BCUT2D eigenvalue weighted by molar-refractivity contribution is -0.143. The lowest BCUT2D eigenvalue weighted by Crippen LogP contribution is -2.49. The second kappa shape index (κ2) is 10.8. The first-order valence-corrected chi connectivity index (χ1v) is 14.3. The van der Waals surface area contributed by atoms with Gasteiger partial charge in [0.15, 0.2) is 0 Å². The molecule has 1 aromatic carbocycles. The Morgan fingerprint density at radius 1 is 1.00 bits per heavy atom. The van der Waals surface area contributed by atoms with Gasteiger partial charge in [0.25, 0.3) is 5.91 Å². The summed E-state index contributed by atoms with van der Waals surface area (Å²) in [6, 6.07) is 1.03. The fourth-order valence-corrected chi connectivity index (χ4v) is 6.82. The maximum absolute atomic E-state index is 13.3. The van der Waals surface area contributed by atoms with Crippen LogP contribution < -0.4 is 4.90 Å². The van der Waals surface area contributed by atoms with Crippen molar-refractivity contribution in [2.75, 3.05) is 31.1 Å². The number of benzene rings is 1. The minimum absolute atomic E-state index is 0.0352. The summed E-state index contributed by atoms with van der Waals surface area (Å²) in [6.45, 7) is 5.35. The number of carbonyl (C=O) groups excluding carboxylic acids is 1. The van der Waals surface area contributed by atoms with E-state index in [4.69, 9.17) is 9.97 Å². The van der Waals surface area contributed by atoms with Crippen LogP contribution in [0, 0.1) is 5.92 Å². The van der Waals surface area contributed by atoms with Crippen molar-refractivity contribution in [1.82, 2.24) is 14.9 Å². The number of halogens is 6. The maximum atomic E-state index is 13.3. The first-order chi connectivity index (χ1) is 18.8. The van der Waals surface area contributed by atoms with Crippen molar-refractivity contribution in [1.29, 1.82) is 0 Å². The molecule has 1 fully saturated rings. The molecule has 1 saturated heterocycles. The van der Waals surface area contributed by atoms with Gasteiger partial charge in [-0.1, -0.05) is 20.3 Å². The summed E-state index contributed by atoms with van der Waals surface area (Å²) < 4.78 is 79.9. The molecule has 0 saturated carbocycles. The average molecular weight is 585 g/mol.